The Kier molecular flexibility index (Phi) is 6.16. The number of carbonyl (C=O) groups excluding carboxylic acids is 2. The van der Waals surface area contributed by atoms with Crippen molar-refractivity contribution >= 4 is 23.6 Å². The van der Waals surface area contributed by atoms with E-state index in [1.807, 2.05) is 0 Å². The first-order valence-corrected chi connectivity index (χ1v) is 8.47. The second-order valence-electron chi connectivity index (χ2n) is 5.38. The molecule has 0 bridgehead atoms. The molecule has 0 aliphatic carbocycles. The summed E-state index contributed by atoms with van der Waals surface area (Å²) in [7, 11) is 1.39. The fourth-order valence-corrected chi connectivity index (χ4v) is 3.96. The van der Waals surface area contributed by atoms with Gasteiger partial charge in [0.05, 0.1) is 12.9 Å². The van der Waals surface area contributed by atoms with Crippen LogP contribution in [0.5, 0.6) is 0 Å². The lowest BCUT2D eigenvalue weighted by Gasteiger charge is -2.34. The number of thioether (sulfide) groups is 1. The first-order chi connectivity index (χ1) is 9.72. The van der Waals surface area contributed by atoms with E-state index >= 15 is 0 Å². The highest BCUT2D eigenvalue weighted by Gasteiger charge is 2.32. The number of hydrogen-bond donors (Lipinski definition) is 1. The summed E-state index contributed by atoms with van der Waals surface area (Å²) in [4.78, 5) is 25.8. The highest BCUT2D eigenvalue weighted by molar-refractivity contribution is 8.00. The fourth-order valence-electron chi connectivity index (χ4n) is 2.85. The Bertz CT molecular complexity index is 345. The zero-order chi connectivity index (χ0) is 14.4. The maximum atomic E-state index is 12.4. The van der Waals surface area contributed by atoms with E-state index in [0.717, 1.165) is 45.2 Å². The number of likely N-dealkylation sites (tertiary alicyclic amines) is 1. The predicted molar refractivity (Wildman–Crippen MR) is 79.7 cm³/mol. The van der Waals surface area contributed by atoms with E-state index in [9.17, 15) is 9.59 Å². The average Bonchev–Trinajstić information content (AvgIpc) is 2.52. The van der Waals surface area contributed by atoms with Crippen molar-refractivity contribution < 1.29 is 14.3 Å². The Morgan fingerprint density at radius 1 is 1.25 bits per heavy atom. The molecule has 0 spiro atoms. The Hall–Kier alpha value is -0.750. The quantitative estimate of drug-likeness (QED) is 0.786. The summed E-state index contributed by atoms with van der Waals surface area (Å²) in [6, 6.07) is -0.366. The Morgan fingerprint density at radius 2 is 2.00 bits per heavy atom. The monoisotopic (exact) mass is 300 g/mol. The van der Waals surface area contributed by atoms with Crippen molar-refractivity contribution in [2.75, 3.05) is 32.5 Å². The van der Waals surface area contributed by atoms with Crippen LogP contribution in [0.25, 0.3) is 0 Å². The topological polar surface area (TPSA) is 58.6 Å². The molecule has 0 radical (unpaired) electrons. The van der Waals surface area contributed by atoms with E-state index in [1.165, 1.54) is 7.11 Å². The summed E-state index contributed by atoms with van der Waals surface area (Å²) in [5, 5.41) is 3.90. The van der Waals surface area contributed by atoms with Crippen LogP contribution < -0.4 is 5.32 Å². The van der Waals surface area contributed by atoms with Crippen LogP contribution >= 0.6 is 11.8 Å². The lowest BCUT2D eigenvalue weighted by molar-refractivity contribution is -0.153. The third kappa shape index (κ3) is 4.12. The molecule has 5 nitrogen and oxygen atoms in total. The maximum absolute atomic E-state index is 12.4. The van der Waals surface area contributed by atoms with Crippen molar-refractivity contribution in [1.82, 2.24) is 10.2 Å². The molecule has 2 fully saturated rings. The summed E-state index contributed by atoms with van der Waals surface area (Å²) in [6.07, 6.45) is 4.95. The van der Waals surface area contributed by atoms with Crippen molar-refractivity contribution in [3.63, 3.8) is 0 Å². The summed E-state index contributed by atoms with van der Waals surface area (Å²) in [5.41, 5.74) is 0. The van der Waals surface area contributed by atoms with Crippen LogP contribution in [0, 0.1) is 0 Å². The number of esters is 1. The van der Waals surface area contributed by atoms with E-state index in [1.54, 1.807) is 16.7 Å². The first kappa shape index (κ1) is 15.6. The summed E-state index contributed by atoms with van der Waals surface area (Å²) in [6.45, 7) is 2.77. The van der Waals surface area contributed by atoms with Gasteiger partial charge < -0.3 is 15.0 Å². The second kappa shape index (κ2) is 7.88. The van der Waals surface area contributed by atoms with Gasteiger partial charge in [-0.1, -0.05) is 0 Å². The zero-order valence-electron chi connectivity index (χ0n) is 12.1. The van der Waals surface area contributed by atoms with Crippen LogP contribution in [0.1, 0.15) is 32.1 Å². The highest BCUT2D eigenvalue weighted by atomic mass is 32.2. The van der Waals surface area contributed by atoms with Crippen molar-refractivity contribution in [2.45, 2.75) is 43.4 Å². The van der Waals surface area contributed by atoms with Crippen LogP contribution in [0.4, 0.5) is 0 Å². The molecule has 2 aliphatic heterocycles. The summed E-state index contributed by atoms with van der Waals surface area (Å²) in [5.74, 6) is 0.298. The fraction of sp³-hybridized carbons (Fsp3) is 0.857. The van der Waals surface area contributed by atoms with Gasteiger partial charge in [-0.05, 0) is 45.2 Å². The minimum Gasteiger partial charge on any atom is -0.467 e. The van der Waals surface area contributed by atoms with Crippen LogP contribution in [0.3, 0.4) is 0 Å². The average molecular weight is 300 g/mol. The number of rotatable bonds is 4. The van der Waals surface area contributed by atoms with Crippen molar-refractivity contribution in [1.29, 1.82) is 0 Å². The second-order valence-corrected chi connectivity index (χ2v) is 6.67. The molecule has 2 saturated heterocycles. The van der Waals surface area contributed by atoms with Crippen molar-refractivity contribution in [3.8, 4) is 0 Å². The molecule has 1 amide bonds. The van der Waals surface area contributed by atoms with Crippen LogP contribution in [-0.2, 0) is 14.3 Å². The number of piperidine rings is 2. The van der Waals surface area contributed by atoms with Gasteiger partial charge in [-0.3, -0.25) is 4.79 Å². The lowest BCUT2D eigenvalue weighted by atomic mass is 10.0. The van der Waals surface area contributed by atoms with Crippen LogP contribution in [0.15, 0.2) is 0 Å². The Morgan fingerprint density at radius 3 is 2.70 bits per heavy atom. The highest BCUT2D eigenvalue weighted by Crippen LogP contribution is 2.23. The molecule has 0 saturated carbocycles. The molecule has 1 unspecified atom stereocenters. The minimum atomic E-state index is -0.366. The van der Waals surface area contributed by atoms with Crippen LogP contribution in [-0.4, -0.2) is 60.6 Å². The maximum Gasteiger partial charge on any atom is 0.328 e. The molecule has 2 heterocycles. The van der Waals surface area contributed by atoms with E-state index in [2.05, 4.69) is 5.32 Å². The molecule has 2 aliphatic rings. The molecular formula is C14H24N2O3S. The Labute approximate surface area is 124 Å². The van der Waals surface area contributed by atoms with Crippen molar-refractivity contribution in [3.05, 3.63) is 0 Å². The van der Waals surface area contributed by atoms with Gasteiger partial charge in [-0.15, -0.1) is 11.8 Å². The van der Waals surface area contributed by atoms with Gasteiger partial charge in [0.25, 0.3) is 0 Å². The lowest BCUT2D eigenvalue weighted by Crippen LogP contribution is -2.49. The smallest absolute Gasteiger partial charge is 0.328 e. The van der Waals surface area contributed by atoms with Gasteiger partial charge in [0.15, 0.2) is 0 Å². The normalized spacial score (nSPS) is 24.4. The molecule has 20 heavy (non-hydrogen) atoms. The molecule has 1 N–H and O–H groups in total. The minimum absolute atomic E-state index is 0.0867. The van der Waals surface area contributed by atoms with E-state index in [-0.39, 0.29) is 17.9 Å². The molecule has 0 aromatic carbocycles. The SMILES string of the molecule is COC(=O)C1CCCCN1C(=O)CSC1CCNCC1. The summed E-state index contributed by atoms with van der Waals surface area (Å²) >= 11 is 1.74. The Balaban J connectivity index is 1.83. The van der Waals surface area contributed by atoms with Gasteiger partial charge in [0.2, 0.25) is 5.91 Å². The predicted octanol–water partition coefficient (Wildman–Crippen LogP) is 1.03. The largest absolute Gasteiger partial charge is 0.467 e. The first-order valence-electron chi connectivity index (χ1n) is 7.42. The number of amides is 1. The van der Waals surface area contributed by atoms with E-state index in [0.29, 0.717) is 17.5 Å². The molecule has 114 valence electrons. The number of hydrogen-bond acceptors (Lipinski definition) is 5. The van der Waals surface area contributed by atoms with E-state index in [4.69, 9.17) is 4.74 Å². The van der Waals surface area contributed by atoms with E-state index < -0.39 is 0 Å². The van der Waals surface area contributed by atoms with Gasteiger partial charge in [0, 0.05) is 11.8 Å². The molecule has 0 aromatic heterocycles. The van der Waals surface area contributed by atoms with Gasteiger partial charge in [-0.25, -0.2) is 4.79 Å². The molecule has 6 heteroatoms. The number of ether oxygens (including phenoxy) is 1. The number of carbonyl (C=O) groups is 2. The number of methoxy groups -OCH3 is 1. The molecule has 1 atom stereocenters. The van der Waals surface area contributed by atoms with Crippen LogP contribution in [0.2, 0.25) is 0 Å². The number of nitrogens with zero attached hydrogens (tertiary/aromatic N) is 1. The molecular weight excluding hydrogens is 276 g/mol. The molecule has 2 rings (SSSR count). The number of nitrogens with one attached hydrogen (secondary N) is 1. The van der Waals surface area contributed by atoms with Gasteiger partial charge in [-0.2, -0.15) is 0 Å². The standard InChI is InChI=1S/C14H24N2O3S/c1-19-14(18)12-4-2-3-9-16(12)13(17)10-20-11-5-7-15-8-6-11/h11-12,15H,2-10H2,1H3. The zero-order valence-corrected chi connectivity index (χ0v) is 12.9. The summed E-state index contributed by atoms with van der Waals surface area (Å²) < 4.78 is 4.82. The molecule has 0 aromatic rings. The van der Waals surface area contributed by atoms with Gasteiger partial charge >= 0.3 is 5.97 Å². The van der Waals surface area contributed by atoms with Crippen molar-refractivity contribution in [2.24, 2.45) is 0 Å². The third-order valence-electron chi connectivity index (χ3n) is 4.03. The third-order valence-corrected chi connectivity index (χ3v) is 5.38. The van der Waals surface area contributed by atoms with Gasteiger partial charge in [0.1, 0.15) is 6.04 Å².